The molecule has 10 heteroatoms. The summed E-state index contributed by atoms with van der Waals surface area (Å²) in [7, 11) is 0. The minimum atomic E-state index is -4.61. The summed E-state index contributed by atoms with van der Waals surface area (Å²) in [4.78, 5) is 16.9. The van der Waals surface area contributed by atoms with Crippen LogP contribution in [0.15, 0.2) is 54.0 Å². The van der Waals surface area contributed by atoms with Gasteiger partial charge in [0, 0.05) is 5.02 Å². The summed E-state index contributed by atoms with van der Waals surface area (Å²) < 4.78 is 41.8. The van der Waals surface area contributed by atoms with Gasteiger partial charge >= 0.3 is 6.18 Å². The molecule has 0 bridgehead atoms. The Balaban J connectivity index is 1.56. The maximum absolute atomic E-state index is 13.2. The highest BCUT2D eigenvalue weighted by Gasteiger charge is 2.35. The molecule has 0 aliphatic heterocycles. The molecule has 0 aliphatic rings. The number of fused-ring (bicyclic) bond motifs is 1. The highest BCUT2D eigenvalue weighted by Crippen LogP contribution is 2.30. The van der Waals surface area contributed by atoms with E-state index >= 15 is 0 Å². The zero-order valence-corrected chi connectivity index (χ0v) is 17.7. The smallest absolute Gasteiger partial charge is 0.350 e. The molecule has 0 aliphatic carbocycles. The summed E-state index contributed by atoms with van der Waals surface area (Å²) in [5, 5.41) is 6.75. The van der Waals surface area contributed by atoms with Gasteiger partial charge in [0.05, 0.1) is 39.6 Å². The average Bonchev–Trinajstić information content (AvgIpc) is 3.37. The van der Waals surface area contributed by atoms with Crippen LogP contribution in [0.4, 0.5) is 13.2 Å². The van der Waals surface area contributed by atoms with Crippen molar-refractivity contribution in [2.45, 2.75) is 25.6 Å². The van der Waals surface area contributed by atoms with Gasteiger partial charge in [-0.05, 0) is 48.9 Å². The minimum absolute atomic E-state index is 0.127. The molecule has 0 radical (unpaired) electrons. The van der Waals surface area contributed by atoms with Crippen molar-refractivity contribution in [2.24, 2.45) is 0 Å². The van der Waals surface area contributed by atoms with Crippen LogP contribution in [0.1, 0.15) is 29.8 Å². The van der Waals surface area contributed by atoms with Gasteiger partial charge in [0.1, 0.15) is 0 Å². The molecule has 1 atom stereocenters. The predicted octanol–water partition coefficient (Wildman–Crippen LogP) is 5.57. The normalized spacial score (nSPS) is 12.8. The Morgan fingerprint density at radius 1 is 1.23 bits per heavy atom. The van der Waals surface area contributed by atoms with Crippen LogP contribution in [-0.4, -0.2) is 20.7 Å². The molecule has 2 heterocycles. The van der Waals surface area contributed by atoms with Crippen molar-refractivity contribution in [3.63, 3.8) is 0 Å². The SMILES string of the molecule is CC(C(=O)NCc1cc(C(F)(F)F)nn1-c1cccc(Cl)c1)c1ccc2scnc2c1. The molecule has 5 nitrogen and oxygen atoms in total. The van der Waals surface area contributed by atoms with Crippen LogP contribution < -0.4 is 5.32 Å². The molecule has 4 aromatic rings. The molecule has 1 unspecified atom stereocenters. The summed E-state index contributed by atoms with van der Waals surface area (Å²) >= 11 is 7.48. The van der Waals surface area contributed by atoms with Gasteiger partial charge in [-0.15, -0.1) is 11.3 Å². The van der Waals surface area contributed by atoms with Gasteiger partial charge in [-0.2, -0.15) is 18.3 Å². The van der Waals surface area contributed by atoms with Crippen LogP contribution in [0.3, 0.4) is 0 Å². The van der Waals surface area contributed by atoms with E-state index in [0.29, 0.717) is 10.7 Å². The maximum Gasteiger partial charge on any atom is 0.435 e. The van der Waals surface area contributed by atoms with E-state index in [-0.39, 0.29) is 18.1 Å². The third-order valence-corrected chi connectivity index (χ3v) is 5.86. The molecule has 2 aromatic carbocycles. The average molecular weight is 465 g/mol. The summed E-state index contributed by atoms with van der Waals surface area (Å²) in [5.41, 5.74) is 2.82. The number of nitrogens with zero attached hydrogens (tertiary/aromatic N) is 3. The molecule has 160 valence electrons. The van der Waals surface area contributed by atoms with Gasteiger partial charge in [0.2, 0.25) is 5.91 Å². The van der Waals surface area contributed by atoms with Crippen LogP contribution >= 0.6 is 22.9 Å². The predicted molar refractivity (Wildman–Crippen MR) is 113 cm³/mol. The van der Waals surface area contributed by atoms with Crippen molar-refractivity contribution in [1.29, 1.82) is 0 Å². The Bertz CT molecular complexity index is 1250. The number of alkyl halides is 3. The van der Waals surface area contributed by atoms with E-state index in [2.05, 4.69) is 15.4 Å². The molecule has 2 aromatic heterocycles. The number of rotatable bonds is 5. The van der Waals surface area contributed by atoms with Gasteiger partial charge in [-0.25, -0.2) is 9.67 Å². The molecule has 0 spiro atoms. The molecule has 0 saturated heterocycles. The van der Waals surface area contributed by atoms with E-state index in [1.54, 1.807) is 30.6 Å². The van der Waals surface area contributed by atoms with Gasteiger partial charge in [0.15, 0.2) is 5.69 Å². The lowest BCUT2D eigenvalue weighted by Crippen LogP contribution is -2.28. The second kappa shape index (κ2) is 8.32. The fourth-order valence-corrected chi connectivity index (χ4v) is 3.99. The number of halogens is 4. The second-order valence-corrected chi connectivity index (χ2v) is 8.25. The molecule has 4 rings (SSSR count). The molecular formula is C21H16ClF3N4OS. The van der Waals surface area contributed by atoms with Gasteiger partial charge in [-0.3, -0.25) is 4.79 Å². The molecule has 1 amide bonds. The lowest BCUT2D eigenvalue weighted by atomic mass is 10.00. The van der Waals surface area contributed by atoms with Crippen molar-refractivity contribution in [3.8, 4) is 5.69 Å². The first-order valence-electron chi connectivity index (χ1n) is 9.25. The van der Waals surface area contributed by atoms with Crippen molar-refractivity contribution in [1.82, 2.24) is 20.1 Å². The Morgan fingerprint density at radius 2 is 2.03 bits per heavy atom. The first-order valence-corrected chi connectivity index (χ1v) is 10.5. The van der Waals surface area contributed by atoms with E-state index < -0.39 is 17.8 Å². The summed E-state index contributed by atoms with van der Waals surface area (Å²) in [6.07, 6.45) is -4.61. The Labute approximate surface area is 184 Å². The summed E-state index contributed by atoms with van der Waals surface area (Å²) in [6, 6.07) is 12.8. The van der Waals surface area contributed by atoms with E-state index in [9.17, 15) is 18.0 Å². The number of thiazole rings is 1. The van der Waals surface area contributed by atoms with Gasteiger partial charge < -0.3 is 5.32 Å². The zero-order chi connectivity index (χ0) is 22.2. The van der Waals surface area contributed by atoms with Crippen molar-refractivity contribution < 1.29 is 18.0 Å². The van der Waals surface area contributed by atoms with Crippen LogP contribution in [0.5, 0.6) is 0 Å². The summed E-state index contributed by atoms with van der Waals surface area (Å²) in [5.74, 6) is -0.822. The molecular weight excluding hydrogens is 449 g/mol. The quantitative estimate of drug-likeness (QED) is 0.420. The molecule has 0 fully saturated rings. The first kappa shape index (κ1) is 21.3. The number of hydrogen-bond acceptors (Lipinski definition) is 4. The van der Waals surface area contributed by atoms with Crippen LogP contribution in [0.25, 0.3) is 15.9 Å². The van der Waals surface area contributed by atoms with E-state index in [1.807, 2.05) is 18.2 Å². The molecule has 1 N–H and O–H groups in total. The number of carbonyl (C=O) groups excluding carboxylic acids is 1. The third kappa shape index (κ3) is 4.57. The number of benzene rings is 2. The number of carbonyl (C=O) groups is 1. The monoisotopic (exact) mass is 464 g/mol. The Morgan fingerprint density at radius 3 is 2.77 bits per heavy atom. The van der Waals surface area contributed by atoms with Crippen molar-refractivity contribution >= 4 is 39.1 Å². The Kier molecular flexibility index (Phi) is 5.72. The van der Waals surface area contributed by atoms with Crippen LogP contribution in [-0.2, 0) is 17.5 Å². The highest BCUT2D eigenvalue weighted by molar-refractivity contribution is 7.16. The number of hydrogen-bond donors (Lipinski definition) is 1. The van der Waals surface area contributed by atoms with Crippen LogP contribution in [0.2, 0.25) is 5.02 Å². The standard InChI is InChI=1S/C21H16ClF3N4OS/c1-12(13-5-6-18-17(7-13)27-11-31-18)20(30)26-10-16-9-19(21(23,24)25)28-29(16)15-4-2-3-14(22)8-15/h2-9,11-12H,10H2,1H3,(H,26,30). The fraction of sp³-hybridized carbons (Fsp3) is 0.190. The van der Waals surface area contributed by atoms with Gasteiger partial charge in [0.25, 0.3) is 0 Å². The van der Waals surface area contributed by atoms with E-state index in [1.165, 1.54) is 17.4 Å². The van der Waals surface area contributed by atoms with Gasteiger partial charge in [-0.1, -0.05) is 23.7 Å². The highest BCUT2D eigenvalue weighted by atomic mass is 35.5. The number of nitrogens with one attached hydrogen (secondary N) is 1. The molecule has 31 heavy (non-hydrogen) atoms. The van der Waals surface area contributed by atoms with Crippen molar-refractivity contribution in [3.05, 3.63) is 76.0 Å². The minimum Gasteiger partial charge on any atom is -0.350 e. The fourth-order valence-electron chi connectivity index (χ4n) is 3.14. The Hall–Kier alpha value is -2.91. The van der Waals surface area contributed by atoms with Crippen molar-refractivity contribution in [2.75, 3.05) is 0 Å². The number of aromatic nitrogens is 3. The number of amides is 1. The van der Waals surface area contributed by atoms with E-state index in [4.69, 9.17) is 11.6 Å². The summed E-state index contributed by atoms with van der Waals surface area (Å²) in [6.45, 7) is 1.61. The first-order chi connectivity index (χ1) is 14.7. The third-order valence-electron chi connectivity index (χ3n) is 4.82. The zero-order valence-electron chi connectivity index (χ0n) is 16.2. The topological polar surface area (TPSA) is 59.8 Å². The second-order valence-electron chi connectivity index (χ2n) is 6.93. The van der Waals surface area contributed by atoms with Crippen LogP contribution in [0, 0.1) is 0 Å². The molecule has 0 saturated carbocycles. The lowest BCUT2D eigenvalue weighted by molar-refractivity contribution is -0.141. The largest absolute Gasteiger partial charge is 0.435 e. The lowest BCUT2D eigenvalue weighted by Gasteiger charge is -2.13. The maximum atomic E-state index is 13.2. The van der Waals surface area contributed by atoms with E-state index in [0.717, 1.165) is 26.5 Å².